The van der Waals surface area contributed by atoms with Gasteiger partial charge in [-0.05, 0) is 61.4 Å². The Hall–Kier alpha value is -4.12. The van der Waals surface area contributed by atoms with Crippen molar-refractivity contribution in [2.24, 2.45) is 0 Å². The molecule has 1 amide bonds. The SMILES string of the molecule is COCCNC(=O)CSc1cnc(Nc2ccc(C#N)cc2)nc1Oc1c(C)cc(C#N)cc1C. The maximum Gasteiger partial charge on any atom is 0.237 e. The third-order valence-corrected chi connectivity index (χ3v) is 5.77. The lowest BCUT2D eigenvalue weighted by Gasteiger charge is -2.15. The molecule has 0 aliphatic rings. The van der Waals surface area contributed by atoms with Gasteiger partial charge in [0.05, 0.1) is 40.5 Å². The number of carbonyl (C=O) groups excluding carboxylic acids is 1. The number of anilines is 2. The van der Waals surface area contributed by atoms with Gasteiger partial charge in [0.15, 0.2) is 0 Å². The van der Waals surface area contributed by atoms with Crippen LogP contribution in [0.15, 0.2) is 47.5 Å². The van der Waals surface area contributed by atoms with E-state index in [4.69, 9.17) is 14.7 Å². The number of carbonyl (C=O) groups is 1. The van der Waals surface area contributed by atoms with Crippen molar-refractivity contribution in [1.29, 1.82) is 10.5 Å². The van der Waals surface area contributed by atoms with E-state index in [2.05, 4.69) is 32.7 Å². The second-order valence-corrected chi connectivity index (χ2v) is 8.48. The number of aryl methyl sites for hydroxylation is 2. The van der Waals surface area contributed by atoms with E-state index in [0.29, 0.717) is 46.6 Å². The van der Waals surface area contributed by atoms with Gasteiger partial charge in [-0.1, -0.05) is 0 Å². The smallest absolute Gasteiger partial charge is 0.237 e. The fourth-order valence-corrected chi connectivity index (χ4v) is 3.83. The highest BCUT2D eigenvalue weighted by molar-refractivity contribution is 8.00. The van der Waals surface area contributed by atoms with Crippen molar-refractivity contribution in [2.45, 2.75) is 18.7 Å². The first-order chi connectivity index (χ1) is 16.9. The van der Waals surface area contributed by atoms with E-state index in [1.807, 2.05) is 13.8 Å². The number of benzene rings is 2. The van der Waals surface area contributed by atoms with Crippen LogP contribution in [0, 0.1) is 36.5 Å². The third kappa shape index (κ3) is 7.18. The normalized spacial score (nSPS) is 10.2. The van der Waals surface area contributed by atoms with Gasteiger partial charge in [0.25, 0.3) is 0 Å². The van der Waals surface area contributed by atoms with E-state index in [1.165, 1.54) is 11.8 Å². The van der Waals surface area contributed by atoms with Gasteiger partial charge in [-0.25, -0.2) is 4.98 Å². The number of ether oxygens (including phenoxy) is 2. The molecule has 2 N–H and O–H groups in total. The van der Waals surface area contributed by atoms with Crippen LogP contribution < -0.4 is 15.4 Å². The predicted octanol–water partition coefficient (Wildman–Crippen LogP) is 4.23. The molecule has 0 fully saturated rings. The van der Waals surface area contributed by atoms with Gasteiger partial charge in [0.2, 0.25) is 17.7 Å². The Morgan fingerprint density at radius 2 is 1.77 bits per heavy atom. The van der Waals surface area contributed by atoms with E-state index < -0.39 is 0 Å². The summed E-state index contributed by atoms with van der Waals surface area (Å²) < 4.78 is 11.2. The van der Waals surface area contributed by atoms with Gasteiger partial charge in [-0.15, -0.1) is 11.8 Å². The number of aromatic nitrogens is 2. The maximum absolute atomic E-state index is 12.2. The van der Waals surface area contributed by atoms with E-state index >= 15 is 0 Å². The maximum atomic E-state index is 12.2. The number of rotatable bonds is 10. The lowest BCUT2D eigenvalue weighted by molar-refractivity contribution is -0.118. The van der Waals surface area contributed by atoms with E-state index in [0.717, 1.165) is 11.1 Å². The summed E-state index contributed by atoms with van der Waals surface area (Å²) in [6.07, 6.45) is 1.59. The van der Waals surface area contributed by atoms with Crippen LogP contribution in [-0.4, -0.2) is 41.9 Å². The molecule has 35 heavy (non-hydrogen) atoms. The van der Waals surface area contributed by atoms with Crippen molar-refractivity contribution < 1.29 is 14.3 Å². The first-order valence-electron chi connectivity index (χ1n) is 10.7. The van der Waals surface area contributed by atoms with Gasteiger partial charge >= 0.3 is 0 Å². The molecule has 0 unspecified atom stereocenters. The average Bonchev–Trinajstić information content (AvgIpc) is 2.86. The number of nitrogens with one attached hydrogen (secondary N) is 2. The van der Waals surface area contributed by atoms with Crippen molar-refractivity contribution in [3.8, 4) is 23.8 Å². The molecule has 0 saturated carbocycles. The van der Waals surface area contributed by atoms with Crippen molar-refractivity contribution in [2.75, 3.05) is 31.3 Å². The molecule has 0 aliphatic carbocycles. The molecule has 0 atom stereocenters. The van der Waals surface area contributed by atoms with Crippen LogP contribution in [0.2, 0.25) is 0 Å². The first kappa shape index (κ1) is 25.5. The van der Waals surface area contributed by atoms with Gasteiger partial charge < -0.3 is 20.1 Å². The summed E-state index contributed by atoms with van der Waals surface area (Å²) in [6.45, 7) is 4.57. The molecule has 0 spiro atoms. The minimum Gasteiger partial charge on any atom is -0.437 e. The van der Waals surface area contributed by atoms with Crippen LogP contribution in [0.25, 0.3) is 0 Å². The Kier molecular flexibility index (Phi) is 9.02. The molecule has 0 saturated heterocycles. The van der Waals surface area contributed by atoms with Gasteiger partial charge in [0, 0.05) is 25.5 Å². The van der Waals surface area contributed by atoms with Crippen LogP contribution >= 0.6 is 11.8 Å². The zero-order chi connectivity index (χ0) is 25.2. The summed E-state index contributed by atoms with van der Waals surface area (Å²) in [4.78, 5) is 21.6. The molecular formula is C25H24N6O3S. The number of nitriles is 2. The quantitative estimate of drug-likeness (QED) is 0.318. The number of hydrogen-bond donors (Lipinski definition) is 2. The average molecular weight is 489 g/mol. The molecule has 178 valence electrons. The molecule has 1 heterocycles. The summed E-state index contributed by atoms with van der Waals surface area (Å²) in [5, 5.41) is 24.1. The highest BCUT2D eigenvalue weighted by atomic mass is 32.2. The molecule has 0 bridgehead atoms. The molecule has 9 nitrogen and oxygen atoms in total. The Balaban J connectivity index is 1.87. The highest BCUT2D eigenvalue weighted by Crippen LogP contribution is 2.35. The van der Waals surface area contributed by atoms with Crippen LogP contribution in [0.4, 0.5) is 11.6 Å². The summed E-state index contributed by atoms with van der Waals surface area (Å²) in [6, 6.07) is 14.6. The molecule has 2 aromatic carbocycles. The van der Waals surface area contributed by atoms with Crippen LogP contribution in [0.1, 0.15) is 22.3 Å². The fourth-order valence-electron chi connectivity index (χ4n) is 3.10. The van der Waals surface area contributed by atoms with Gasteiger partial charge in [0.1, 0.15) is 5.75 Å². The standard InChI is InChI=1S/C25H24N6O3S/c1-16-10-19(13-27)11-17(2)23(16)34-24-21(35-15-22(32)28-8-9-33-3)14-29-25(31-24)30-20-6-4-18(12-26)5-7-20/h4-7,10-11,14H,8-9,15H2,1-3H3,(H,28,32)(H,29,30,31). The monoisotopic (exact) mass is 488 g/mol. The number of amides is 1. The summed E-state index contributed by atoms with van der Waals surface area (Å²) in [5.41, 5.74) is 3.37. The molecule has 0 aliphatic heterocycles. The third-order valence-electron chi connectivity index (χ3n) is 4.77. The minimum atomic E-state index is -0.150. The first-order valence-corrected chi connectivity index (χ1v) is 11.6. The van der Waals surface area contributed by atoms with E-state index in [1.54, 1.807) is 49.7 Å². The van der Waals surface area contributed by atoms with Crippen molar-refractivity contribution in [3.63, 3.8) is 0 Å². The number of hydrogen-bond acceptors (Lipinski definition) is 9. The Bertz CT molecular complexity index is 1260. The predicted molar refractivity (Wildman–Crippen MR) is 133 cm³/mol. The summed E-state index contributed by atoms with van der Waals surface area (Å²) in [5.74, 6) is 1.16. The molecule has 0 radical (unpaired) electrons. The number of thioether (sulfide) groups is 1. The Morgan fingerprint density at radius 3 is 2.40 bits per heavy atom. The number of methoxy groups -OCH3 is 1. The second kappa shape index (κ2) is 12.4. The van der Waals surface area contributed by atoms with E-state index in [9.17, 15) is 10.1 Å². The summed E-state index contributed by atoms with van der Waals surface area (Å²) in [7, 11) is 1.57. The molecule has 1 aromatic heterocycles. The van der Waals surface area contributed by atoms with E-state index in [-0.39, 0.29) is 17.5 Å². The van der Waals surface area contributed by atoms with Gasteiger partial charge in [-0.2, -0.15) is 15.5 Å². The fraction of sp³-hybridized carbons (Fsp3) is 0.240. The minimum absolute atomic E-state index is 0.150. The summed E-state index contributed by atoms with van der Waals surface area (Å²) >= 11 is 1.25. The Morgan fingerprint density at radius 1 is 1.09 bits per heavy atom. The lowest BCUT2D eigenvalue weighted by atomic mass is 10.1. The number of nitrogens with zero attached hydrogens (tertiary/aromatic N) is 4. The van der Waals surface area contributed by atoms with Crippen LogP contribution in [-0.2, 0) is 9.53 Å². The van der Waals surface area contributed by atoms with Crippen molar-refractivity contribution >= 4 is 29.3 Å². The Labute approximate surface area is 208 Å². The van der Waals surface area contributed by atoms with Crippen molar-refractivity contribution in [3.05, 3.63) is 64.8 Å². The highest BCUT2D eigenvalue weighted by Gasteiger charge is 2.16. The van der Waals surface area contributed by atoms with Crippen molar-refractivity contribution in [1.82, 2.24) is 15.3 Å². The largest absolute Gasteiger partial charge is 0.437 e. The van der Waals surface area contributed by atoms with Gasteiger partial charge in [-0.3, -0.25) is 4.79 Å². The topological polar surface area (TPSA) is 133 Å². The molecule has 10 heteroatoms. The molecule has 3 aromatic rings. The molecule has 3 rings (SSSR count). The lowest BCUT2D eigenvalue weighted by Crippen LogP contribution is -2.28. The zero-order valence-corrected chi connectivity index (χ0v) is 20.4. The van der Waals surface area contributed by atoms with Crippen LogP contribution in [0.3, 0.4) is 0 Å². The molecular weight excluding hydrogens is 464 g/mol. The van der Waals surface area contributed by atoms with Crippen LogP contribution in [0.5, 0.6) is 11.6 Å². The zero-order valence-electron chi connectivity index (χ0n) is 19.6. The second-order valence-electron chi connectivity index (χ2n) is 7.46.